The van der Waals surface area contributed by atoms with E-state index >= 15 is 0 Å². The number of hydrogen-bond donors (Lipinski definition) is 2. The van der Waals surface area contributed by atoms with Crippen LogP contribution < -0.4 is 10.7 Å². The zero-order valence-electron chi connectivity index (χ0n) is 15.8. The van der Waals surface area contributed by atoms with Crippen LogP contribution >= 0.6 is 23.6 Å². The highest BCUT2D eigenvalue weighted by Gasteiger charge is 2.11. The summed E-state index contributed by atoms with van der Waals surface area (Å²) in [6.45, 7) is 9.75. The van der Waals surface area contributed by atoms with Gasteiger partial charge in [-0.05, 0) is 45.1 Å². The lowest BCUT2D eigenvalue weighted by Crippen LogP contribution is -2.39. The van der Waals surface area contributed by atoms with Crippen molar-refractivity contribution in [1.29, 1.82) is 0 Å². The summed E-state index contributed by atoms with van der Waals surface area (Å²) >= 11 is 6.90. The Hall–Kier alpha value is -1.81. The summed E-state index contributed by atoms with van der Waals surface area (Å²) in [4.78, 5) is 6.80. The van der Waals surface area contributed by atoms with E-state index in [-0.39, 0.29) is 0 Å². The van der Waals surface area contributed by atoms with Gasteiger partial charge in [-0.1, -0.05) is 0 Å². The van der Waals surface area contributed by atoms with Gasteiger partial charge in [-0.25, -0.2) is 4.98 Å². The Morgan fingerprint density at radius 1 is 1.41 bits per heavy atom. The first-order chi connectivity index (χ1) is 13.1. The Balaban J connectivity index is 1.42. The van der Waals surface area contributed by atoms with Gasteiger partial charge in [-0.2, -0.15) is 5.10 Å². The van der Waals surface area contributed by atoms with Gasteiger partial charge in [0.05, 0.1) is 19.4 Å². The van der Waals surface area contributed by atoms with Crippen LogP contribution in [-0.4, -0.2) is 65.2 Å². The van der Waals surface area contributed by atoms with Crippen molar-refractivity contribution in [2.75, 3.05) is 39.4 Å². The van der Waals surface area contributed by atoms with Crippen LogP contribution in [0.25, 0.3) is 5.13 Å². The van der Waals surface area contributed by atoms with E-state index in [4.69, 9.17) is 17.0 Å². The lowest BCUT2D eigenvalue weighted by Gasteiger charge is -2.26. The van der Waals surface area contributed by atoms with Crippen molar-refractivity contribution in [2.45, 2.75) is 20.3 Å². The standard InChI is InChI=1S/C18H26N6OS2/c1-14-12-16(15(2)24(14)18-20-5-11-27-18)13-21-22-17(26)19-4-3-6-23-7-9-25-10-8-23/h5,11-13H,3-4,6-10H2,1-2H3,(H2,19,22,26)/b21-13-. The van der Waals surface area contributed by atoms with Crippen LogP contribution in [0.2, 0.25) is 0 Å². The summed E-state index contributed by atoms with van der Waals surface area (Å²) in [5, 5.41) is 11.0. The van der Waals surface area contributed by atoms with E-state index in [2.05, 4.69) is 50.2 Å². The molecular weight excluding hydrogens is 380 g/mol. The number of aromatic nitrogens is 2. The van der Waals surface area contributed by atoms with Crippen LogP contribution in [0.5, 0.6) is 0 Å². The Kier molecular flexibility index (Phi) is 7.33. The molecule has 0 bridgehead atoms. The molecule has 9 heteroatoms. The molecule has 2 aromatic heterocycles. The fraction of sp³-hybridized carbons (Fsp3) is 0.500. The molecule has 0 unspecified atom stereocenters. The predicted octanol–water partition coefficient (Wildman–Crippen LogP) is 2.07. The molecular formula is C18H26N6OS2. The van der Waals surface area contributed by atoms with Gasteiger partial charge in [-0.15, -0.1) is 11.3 Å². The van der Waals surface area contributed by atoms with Crippen LogP contribution in [-0.2, 0) is 4.74 Å². The van der Waals surface area contributed by atoms with E-state index in [0.717, 1.165) is 67.9 Å². The minimum Gasteiger partial charge on any atom is -0.379 e. The lowest BCUT2D eigenvalue weighted by molar-refractivity contribution is 0.0376. The average Bonchev–Trinajstić information content (AvgIpc) is 3.28. The summed E-state index contributed by atoms with van der Waals surface area (Å²) in [5.41, 5.74) is 6.18. The van der Waals surface area contributed by atoms with Crippen molar-refractivity contribution in [2.24, 2.45) is 5.10 Å². The quantitative estimate of drug-likeness (QED) is 0.318. The summed E-state index contributed by atoms with van der Waals surface area (Å²) in [6.07, 6.45) is 4.66. The highest BCUT2D eigenvalue weighted by atomic mass is 32.1. The molecule has 2 N–H and O–H groups in total. The topological polar surface area (TPSA) is 66.7 Å². The minimum absolute atomic E-state index is 0.543. The minimum atomic E-state index is 0.543. The molecule has 3 heterocycles. The van der Waals surface area contributed by atoms with Gasteiger partial charge in [0.15, 0.2) is 10.2 Å². The molecule has 1 saturated heterocycles. The van der Waals surface area contributed by atoms with E-state index in [1.807, 2.05) is 11.6 Å². The van der Waals surface area contributed by atoms with E-state index in [1.54, 1.807) is 17.6 Å². The number of rotatable bonds is 7. The van der Waals surface area contributed by atoms with Crippen molar-refractivity contribution in [3.8, 4) is 5.13 Å². The van der Waals surface area contributed by atoms with Gasteiger partial charge in [-0.3, -0.25) is 14.9 Å². The van der Waals surface area contributed by atoms with Gasteiger partial charge in [0.1, 0.15) is 0 Å². The van der Waals surface area contributed by atoms with Gasteiger partial charge in [0.25, 0.3) is 0 Å². The van der Waals surface area contributed by atoms with Crippen molar-refractivity contribution >= 4 is 34.9 Å². The van der Waals surface area contributed by atoms with E-state index in [9.17, 15) is 0 Å². The van der Waals surface area contributed by atoms with Crippen molar-refractivity contribution in [3.63, 3.8) is 0 Å². The third-order valence-corrected chi connectivity index (χ3v) is 5.48. The van der Waals surface area contributed by atoms with Crippen molar-refractivity contribution in [3.05, 3.63) is 34.6 Å². The highest BCUT2D eigenvalue weighted by Crippen LogP contribution is 2.21. The molecule has 0 amide bonds. The van der Waals surface area contributed by atoms with Crippen molar-refractivity contribution in [1.82, 2.24) is 25.2 Å². The molecule has 27 heavy (non-hydrogen) atoms. The normalized spacial score (nSPS) is 15.3. The number of morpholine rings is 1. The molecule has 1 aliphatic heterocycles. The van der Waals surface area contributed by atoms with Crippen LogP contribution in [0, 0.1) is 13.8 Å². The Morgan fingerprint density at radius 2 is 2.22 bits per heavy atom. The third-order valence-electron chi connectivity index (χ3n) is 4.49. The first-order valence-electron chi connectivity index (χ1n) is 9.11. The van der Waals surface area contributed by atoms with E-state index in [1.165, 1.54) is 0 Å². The predicted molar refractivity (Wildman–Crippen MR) is 114 cm³/mol. The molecule has 1 aliphatic rings. The number of thiocarbonyl (C=S) groups is 1. The van der Waals surface area contributed by atoms with Crippen molar-refractivity contribution < 1.29 is 4.74 Å². The lowest BCUT2D eigenvalue weighted by atomic mass is 10.3. The summed E-state index contributed by atoms with van der Waals surface area (Å²) < 4.78 is 7.49. The SMILES string of the molecule is Cc1cc(/C=N\NC(=S)NCCCN2CCOCC2)c(C)n1-c1nccs1. The van der Waals surface area contributed by atoms with Gasteiger partial charge < -0.3 is 10.1 Å². The zero-order chi connectivity index (χ0) is 19.1. The molecule has 2 aromatic rings. The smallest absolute Gasteiger partial charge is 0.193 e. The van der Waals surface area contributed by atoms with Crippen LogP contribution in [0.1, 0.15) is 23.4 Å². The molecule has 3 rings (SSSR count). The second kappa shape index (κ2) is 9.93. The average molecular weight is 407 g/mol. The summed E-state index contributed by atoms with van der Waals surface area (Å²) in [7, 11) is 0. The van der Waals surface area contributed by atoms with Gasteiger partial charge >= 0.3 is 0 Å². The number of ether oxygens (including phenoxy) is 1. The third kappa shape index (κ3) is 5.58. The van der Waals surface area contributed by atoms with Gasteiger partial charge in [0.2, 0.25) is 0 Å². The number of nitrogens with one attached hydrogen (secondary N) is 2. The Morgan fingerprint density at radius 3 is 2.96 bits per heavy atom. The second-order valence-electron chi connectivity index (χ2n) is 6.41. The summed E-state index contributed by atoms with van der Waals surface area (Å²) in [5.74, 6) is 0. The molecule has 0 atom stereocenters. The van der Waals surface area contributed by atoms with E-state index < -0.39 is 0 Å². The number of hydrazone groups is 1. The Labute approximate surface area is 169 Å². The molecule has 0 spiro atoms. The monoisotopic (exact) mass is 406 g/mol. The Bertz CT molecular complexity index is 765. The first-order valence-corrected chi connectivity index (χ1v) is 10.4. The number of nitrogens with zero attached hydrogens (tertiary/aromatic N) is 4. The molecule has 1 fully saturated rings. The fourth-order valence-electron chi connectivity index (χ4n) is 3.07. The zero-order valence-corrected chi connectivity index (χ0v) is 17.4. The largest absolute Gasteiger partial charge is 0.379 e. The molecule has 0 aromatic carbocycles. The molecule has 0 radical (unpaired) electrons. The number of thiazole rings is 1. The van der Waals surface area contributed by atoms with Crippen LogP contribution in [0.15, 0.2) is 22.7 Å². The number of hydrogen-bond acceptors (Lipinski definition) is 6. The van der Waals surface area contributed by atoms with Crippen LogP contribution in [0.3, 0.4) is 0 Å². The maximum Gasteiger partial charge on any atom is 0.193 e. The number of aryl methyl sites for hydroxylation is 1. The summed E-state index contributed by atoms with van der Waals surface area (Å²) in [6, 6.07) is 2.10. The van der Waals surface area contributed by atoms with E-state index in [0.29, 0.717) is 5.11 Å². The van der Waals surface area contributed by atoms with Gasteiger partial charge in [0, 0.05) is 48.2 Å². The highest BCUT2D eigenvalue weighted by molar-refractivity contribution is 7.80. The molecule has 7 nitrogen and oxygen atoms in total. The molecule has 0 saturated carbocycles. The first kappa shape index (κ1) is 19.9. The molecule has 0 aliphatic carbocycles. The molecule has 146 valence electrons. The second-order valence-corrected chi connectivity index (χ2v) is 7.69. The fourth-order valence-corrected chi connectivity index (χ4v) is 3.97. The van der Waals surface area contributed by atoms with Crippen LogP contribution in [0.4, 0.5) is 0 Å². The maximum atomic E-state index is 5.35. The maximum absolute atomic E-state index is 5.35.